The number of rotatable bonds is 1. The van der Waals surface area contributed by atoms with Crippen molar-refractivity contribution < 1.29 is 0 Å². The summed E-state index contributed by atoms with van der Waals surface area (Å²) in [6, 6.07) is 16.6. The first-order valence-corrected chi connectivity index (χ1v) is 5.86. The van der Waals surface area contributed by atoms with Gasteiger partial charge in [0.15, 0.2) is 0 Å². The molecule has 0 heteroatoms. The molecule has 17 heavy (non-hydrogen) atoms. The van der Waals surface area contributed by atoms with Gasteiger partial charge in [0.25, 0.3) is 0 Å². The maximum absolute atomic E-state index is 3.21. The molecular weight excluding hydrogens is 204 g/mol. The molecule has 0 heterocycles. The highest BCUT2D eigenvalue weighted by molar-refractivity contribution is 5.36. The molecule has 0 atom stereocenters. The van der Waals surface area contributed by atoms with Crippen molar-refractivity contribution in [1.82, 2.24) is 0 Å². The van der Waals surface area contributed by atoms with Crippen LogP contribution < -0.4 is 0 Å². The molecule has 0 spiro atoms. The number of hydrogen-bond donors (Lipinski definition) is 0. The van der Waals surface area contributed by atoms with Gasteiger partial charge in [0.05, 0.1) is 0 Å². The van der Waals surface area contributed by atoms with Crippen molar-refractivity contribution >= 4 is 0 Å². The highest BCUT2D eigenvalue weighted by Crippen LogP contribution is 2.09. The zero-order chi connectivity index (χ0) is 12.1. The van der Waals surface area contributed by atoms with Gasteiger partial charge >= 0.3 is 0 Å². The standard InChI is InChI=1S/C17H16/c1-14-11-12-17(13-15(14)2)10-6-9-16-7-4-3-5-8-16/h3-5,7-8,11-13H,10H2,1-2H3. The summed E-state index contributed by atoms with van der Waals surface area (Å²) in [5.74, 6) is 6.39. The minimum Gasteiger partial charge on any atom is -0.0931 e. The third-order valence-corrected chi connectivity index (χ3v) is 2.87. The van der Waals surface area contributed by atoms with Crippen molar-refractivity contribution in [2.75, 3.05) is 0 Å². The Hall–Kier alpha value is -2.00. The summed E-state index contributed by atoms with van der Waals surface area (Å²) in [7, 11) is 0. The Bertz CT molecular complexity index is 554. The van der Waals surface area contributed by atoms with E-state index >= 15 is 0 Å². The lowest BCUT2D eigenvalue weighted by atomic mass is 10.0. The number of benzene rings is 2. The molecule has 2 aromatic rings. The van der Waals surface area contributed by atoms with Crippen molar-refractivity contribution in [2.45, 2.75) is 20.3 Å². The molecule has 0 saturated carbocycles. The topological polar surface area (TPSA) is 0 Å². The second-order valence-electron chi connectivity index (χ2n) is 4.26. The van der Waals surface area contributed by atoms with Crippen molar-refractivity contribution in [1.29, 1.82) is 0 Å². The van der Waals surface area contributed by atoms with Crippen LogP contribution in [0.3, 0.4) is 0 Å². The molecule has 0 bridgehead atoms. The lowest BCUT2D eigenvalue weighted by Gasteiger charge is -2.01. The van der Waals surface area contributed by atoms with E-state index in [1.54, 1.807) is 0 Å². The van der Waals surface area contributed by atoms with E-state index in [0.29, 0.717) is 0 Å². The van der Waals surface area contributed by atoms with E-state index in [1.807, 2.05) is 30.3 Å². The van der Waals surface area contributed by atoms with Gasteiger partial charge in [-0.05, 0) is 42.7 Å². The van der Waals surface area contributed by atoms with E-state index < -0.39 is 0 Å². The number of aryl methyl sites for hydroxylation is 2. The van der Waals surface area contributed by atoms with Gasteiger partial charge in [-0.3, -0.25) is 0 Å². The predicted octanol–water partition coefficient (Wildman–Crippen LogP) is 3.90. The fourth-order valence-electron chi connectivity index (χ4n) is 1.68. The van der Waals surface area contributed by atoms with Crippen molar-refractivity contribution in [2.24, 2.45) is 0 Å². The Labute approximate surface area is 103 Å². The molecule has 0 aliphatic carbocycles. The zero-order valence-corrected chi connectivity index (χ0v) is 10.3. The summed E-state index contributed by atoms with van der Waals surface area (Å²) in [5.41, 5.74) is 5.04. The smallest absolute Gasteiger partial charge is 0.0344 e. The van der Waals surface area contributed by atoms with E-state index in [9.17, 15) is 0 Å². The minimum absolute atomic E-state index is 0.815. The van der Waals surface area contributed by atoms with Crippen LogP contribution >= 0.6 is 0 Å². The molecular formula is C17H16. The van der Waals surface area contributed by atoms with Gasteiger partial charge in [-0.1, -0.05) is 48.2 Å². The second kappa shape index (κ2) is 5.37. The van der Waals surface area contributed by atoms with Crippen LogP contribution in [0, 0.1) is 25.7 Å². The van der Waals surface area contributed by atoms with Crippen LogP contribution in [-0.2, 0) is 6.42 Å². The van der Waals surface area contributed by atoms with Crippen LogP contribution in [0.1, 0.15) is 22.3 Å². The Morgan fingerprint density at radius 2 is 1.65 bits per heavy atom. The molecule has 0 nitrogen and oxygen atoms in total. The normalized spacial score (nSPS) is 9.53. The SMILES string of the molecule is Cc1ccc(CC#Cc2ccccc2)cc1C. The first kappa shape index (κ1) is 11.5. The maximum Gasteiger partial charge on any atom is 0.0344 e. The third kappa shape index (κ3) is 3.23. The summed E-state index contributed by atoms with van der Waals surface area (Å²) in [5, 5.41) is 0. The predicted molar refractivity (Wildman–Crippen MR) is 72.9 cm³/mol. The van der Waals surface area contributed by atoms with E-state index in [1.165, 1.54) is 16.7 Å². The largest absolute Gasteiger partial charge is 0.0931 e. The molecule has 84 valence electrons. The fraction of sp³-hybridized carbons (Fsp3) is 0.176. The first-order valence-electron chi connectivity index (χ1n) is 5.86. The van der Waals surface area contributed by atoms with E-state index in [0.717, 1.165) is 12.0 Å². The molecule has 0 saturated heterocycles. The van der Waals surface area contributed by atoms with Crippen LogP contribution in [0.5, 0.6) is 0 Å². The minimum atomic E-state index is 0.815. The van der Waals surface area contributed by atoms with Gasteiger partial charge in [0.1, 0.15) is 0 Å². The Morgan fingerprint density at radius 1 is 0.882 bits per heavy atom. The summed E-state index contributed by atoms with van der Waals surface area (Å²) < 4.78 is 0. The fourth-order valence-corrected chi connectivity index (χ4v) is 1.68. The molecule has 0 fully saturated rings. The molecule has 2 rings (SSSR count). The molecule has 0 unspecified atom stereocenters. The van der Waals surface area contributed by atoms with Crippen LogP contribution in [0.4, 0.5) is 0 Å². The zero-order valence-electron chi connectivity index (χ0n) is 10.3. The van der Waals surface area contributed by atoms with Gasteiger partial charge in [0, 0.05) is 12.0 Å². The average molecular weight is 220 g/mol. The van der Waals surface area contributed by atoms with Gasteiger partial charge in [0.2, 0.25) is 0 Å². The molecule has 0 aliphatic rings. The lowest BCUT2D eigenvalue weighted by Crippen LogP contribution is -1.86. The van der Waals surface area contributed by atoms with Crippen molar-refractivity contribution in [3.63, 3.8) is 0 Å². The Kier molecular flexibility index (Phi) is 3.62. The maximum atomic E-state index is 3.21. The van der Waals surface area contributed by atoms with Crippen LogP contribution in [-0.4, -0.2) is 0 Å². The highest BCUT2D eigenvalue weighted by Gasteiger charge is 1.94. The van der Waals surface area contributed by atoms with Crippen LogP contribution in [0.15, 0.2) is 48.5 Å². The molecule has 0 radical (unpaired) electrons. The Morgan fingerprint density at radius 3 is 2.35 bits per heavy atom. The average Bonchev–Trinajstić information content (AvgIpc) is 2.35. The molecule has 0 aromatic heterocycles. The Balaban J connectivity index is 2.08. The third-order valence-electron chi connectivity index (χ3n) is 2.87. The molecule has 0 amide bonds. The molecule has 0 N–H and O–H groups in total. The monoisotopic (exact) mass is 220 g/mol. The van der Waals surface area contributed by atoms with E-state index in [4.69, 9.17) is 0 Å². The first-order chi connectivity index (χ1) is 8.25. The summed E-state index contributed by atoms with van der Waals surface area (Å²) in [6.45, 7) is 4.28. The van der Waals surface area contributed by atoms with Gasteiger partial charge < -0.3 is 0 Å². The quantitative estimate of drug-likeness (QED) is 0.639. The van der Waals surface area contributed by atoms with Gasteiger partial charge in [-0.2, -0.15) is 0 Å². The highest BCUT2D eigenvalue weighted by atomic mass is 14.0. The van der Waals surface area contributed by atoms with Crippen molar-refractivity contribution in [3.05, 3.63) is 70.8 Å². The number of hydrogen-bond acceptors (Lipinski definition) is 0. The summed E-state index contributed by atoms with van der Waals surface area (Å²) >= 11 is 0. The summed E-state index contributed by atoms with van der Waals surface area (Å²) in [4.78, 5) is 0. The van der Waals surface area contributed by atoms with Gasteiger partial charge in [-0.25, -0.2) is 0 Å². The summed E-state index contributed by atoms with van der Waals surface area (Å²) in [6.07, 6.45) is 0.815. The van der Waals surface area contributed by atoms with E-state index in [-0.39, 0.29) is 0 Å². The lowest BCUT2D eigenvalue weighted by molar-refractivity contribution is 1.25. The van der Waals surface area contributed by atoms with Crippen LogP contribution in [0.25, 0.3) is 0 Å². The molecule has 0 aliphatic heterocycles. The van der Waals surface area contributed by atoms with Gasteiger partial charge in [-0.15, -0.1) is 0 Å². The van der Waals surface area contributed by atoms with Crippen LogP contribution in [0.2, 0.25) is 0 Å². The molecule has 2 aromatic carbocycles. The van der Waals surface area contributed by atoms with E-state index in [2.05, 4.69) is 43.9 Å². The second-order valence-corrected chi connectivity index (χ2v) is 4.26. The van der Waals surface area contributed by atoms with Crippen molar-refractivity contribution in [3.8, 4) is 11.8 Å².